The van der Waals surface area contributed by atoms with Crippen LogP contribution in [-0.4, -0.2) is 25.8 Å². The zero-order chi connectivity index (χ0) is 12.6. The number of anilines is 1. The molecular formula is C10H12F2N2O2S. The fourth-order valence-electron chi connectivity index (χ4n) is 1.88. The number of nitrogens with two attached hydrogens (primary N) is 1. The highest BCUT2D eigenvalue weighted by Gasteiger charge is 2.32. The lowest BCUT2D eigenvalue weighted by Crippen LogP contribution is -2.29. The molecule has 0 amide bonds. The van der Waals surface area contributed by atoms with Crippen LogP contribution in [0.2, 0.25) is 0 Å². The van der Waals surface area contributed by atoms with Crippen LogP contribution in [0.15, 0.2) is 17.0 Å². The van der Waals surface area contributed by atoms with Crippen LogP contribution in [-0.2, 0) is 10.0 Å². The molecule has 1 saturated heterocycles. The Morgan fingerprint density at radius 2 is 1.59 bits per heavy atom. The fraction of sp³-hybridized carbons (Fsp3) is 0.400. The van der Waals surface area contributed by atoms with Gasteiger partial charge in [0.1, 0.15) is 11.6 Å². The monoisotopic (exact) mass is 262 g/mol. The summed E-state index contributed by atoms with van der Waals surface area (Å²) in [5.41, 5.74) is 5.10. The molecule has 0 atom stereocenters. The van der Waals surface area contributed by atoms with E-state index in [0.29, 0.717) is 25.9 Å². The maximum Gasteiger partial charge on any atom is 0.248 e. The molecule has 1 fully saturated rings. The molecule has 4 nitrogen and oxygen atoms in total. The van der Waals surface area contributed by atoms with E-state index < -0.39 is 26.6 Å². The van der Waals surface area contributed by atoms with Crippen molar-refractivity contribution >= 4 is 15.7 Å². The van der Waals surface area contributed by atoms with Gasteiger partial charge >= 0.3 is 0 Å². The van der Waals surface area contributed by atoms with Crippen LogP contribution < -0.4 is 5.73 Å². The first-order valence-corrected chi connectivity index (χ1v) is 6.61. The first kappa shape index (κ1) is 12.3. The Morgan fingerprint density at radius 3 is 2.06 bits per heavy atom. The van der Waals surface area contributed by atoms with E-state index in [1.165, 1.54) is 0 Å². The van der Waals surface area contributed by atoms with Crippen molar-refractivity contribution in [2.24, 2.45) is 0 Å². The SMILES string of the molecule is Nc1cc(F)c(S(=O)(=O)N2CCCC2)c(F)c1. The van der Waals surface area contributed by atoms with Gasteiger partial charge in [0, 0.05) is 18.8 Å². The van der Waals surface area contributed by atoms with E-state index in [4.69, 9.17) is 5.73 Å². The van der Waals surface area contributed by atoms with Crippen LogP contribution in [0.4, 0.5) is 14.5 Å². The van der Waals surface area contributed by atoms with Crippen LogP contribution >= 0.6 is 0 Å². The van der Waals surface area contributed by atoms with Gasteiger partial charge in [0.25, 0.3) is 0 Å². The Bertz CT molecular complexity index is 516. The van der Waals surface area contributed by atoms with Gasteiger partial charge in [0.2, 0.25) is 10.0 Å². The Labute approximate surface area is 98.1 Å². The molecule has 1 heterocycles. The van der Waals surface area contributed by atoms with Gasteiger partial charge in [0.05, 0.1) is 0 Å². The molecule has 0 spiro atoms. The molecule has 0 saturated carbocycles. The van der Waals surface area contributed by atoms with Gasteiger partial charge in [-0.2, -0.15) is 4.31 Å². The topological polar surface area (TPSA) is 63.4 Å². The highest BCUT2D eigenvalue weighted by Crippen LogP contribution is 2.27. The molecule has 1 aromatic rings. The third-order valence-corrected chi connectivity index (χ3v) is 4.63. The van der Waals surface area contributed by atoms with Crippen LogP contribution in [0.1, 0.15) is 12.8 Å². The molecule has 2 rings (SSSR count). The number of rotatable bonds is 2. The number of hydrogen-bond donors (Lipinski definition) is 1. The van der Waals surface area contributed by atoms with Gasteiger partial charge in [0.15, 0.2) is 4.90 Å². The molecule has 1 aliphatic heterocycles. The smallest absolute Gasteiger partial charge is 0.248 e. The van der Waals surface area contributed by atoms with Crippen molar-refractivity contribution in [1.82, 2.24) is 4.31 Å². The number of nitrogens with zero attached hydrogens (tertiary/aromatic N) is 1. The molecule has 0 bridgehead atoms. The van der Waals surface area contributed by atoms with Crippen molar-refractivity contribution in [2.75, 3.05) is 18.8 Å². The van der Waals surface area contributed by atoms with E-state index in [0.717, 1.165) is 16.4 Å². The largest absolute Gasteiger partial charge is 0.399 e. The Kier molecular flexibility index (Phi) is 3.05. The summed E-state index contributed by atoms with van der Waals surface area (Å²) in [6.45, 7) is 0.594. The first-order chi connectivity index (χ1) is 7.93. The Hall–Kier alpha value is -1.21. The minimum Gasteiger partial charge on any atom is -0.399 e. The van der Waals surface area contributed by atoms with Gasteiger partial charge in [-0.3, -0.25) is 0 Å². The standard InChI is InChI=1S/C10H12F2N2O2S/c11-8-5-7(13)6-9(12)10(8)17(15,16)14-3-1-2-4-14/h5-6H,1-4,13H2. The van der Waals surface area contributed by atoms with E-state index in [9.17, 15) is 17.2 Å². The van der Waals surface area contributed by atoms with E-state index in [1.807, 2.05) is 0 Å². The van der Waals surface area contributed by atoms with Gasteiger partial charge in [-0.05, 0) is 25.0 Å². The molecule has 2 N–H and O–H groups in total. The molecular weight excluding hydrogens is 250 g/mol. The predicted octanol–water partition coefficient (Wildman–Crippen LogP) is 1.33. The Morgan fingerprint density at radius 1 is 1.12 bits per heavy atom. The van der Waals surface area contributed by atoms with E-state index in [2.05, 4.69) is 0 Å². The highest BCUT2D eigenvalue weighted by atomic mass is 32.2. The highest BCUT2D eigenvalue weighted by molar-refractivity contribution is 7.89. The average Bonchev–Trinajstić information content (AvgIpc) is 2.67. The van der Waals surface area contributed by atoms with Gasteiger partial charge in [-0.1, -0.05) is 0 Å². The number of halogens is 2. The maximum absolute atomic E-state index is 13.5. The summed E-state index contributed by atoms with van der Waals surface area (Å²) in [4.78, 5) is -0.909. The second-order valence-electron chi connectivity index (χ2n) is 3.92. The second-order valence-corrected chi connectivity index (χ2v) is 5.80. The molecule has 1 aromatic carbocycles. The van der Waals surface area contributed by atoms with Crippen molar-refractivity contribution in [3.8, 4) is 0 Å². The minimum absolute atomic E-state index is 0.139. The van der Waals surface area contributed by atoms with E-state index >= 15 is 0 Å². The van der Waals surface area contributed by atoms with Crippen LogP contribution in [0, 0.1) is 11.6 Å². The summed E-state index contributed by atoms with van der Waals surface area (Å²) < 4.78 is 52.1. The predicted molar refractivity (Wildman–Crippen MR) is 58.8 cm³/mol. The third kappa shape index (κ3) is 2.12. The lowest BCUT2D eigenvalue weighted by atomic mass is 10.3. The normalized spacial score (nSPS) is 17.5. The number of sulfonamides is 1. The summed E-state index contributed by atoms with van der Waals surface area (Å²) in [7, 11) is -4.09. The van der Waals surface area contributed by atoms with E-state index in [-0.39, 0.29) is 5.69 Å². The Balaban J connectivity index is 2.53. The number of benzene rings is 1. The third-order valence-electron chi connectivity index (χ3n) is 2.68. The summed E-state index contributed by atoms with van der Waals surface area (Å²) in [5.74, 6) is -2.29. The van der Waals surface area contributed by atoms with Gasteiger partial charge < -0.3 is 5.73 Å². The molecule has 7 heteroatoms. The van der Waals surface area contributed by atoms with E-state index in [1.54, 1.807) is 0 Å². The van der Waals surface area contributed by atoms with Crippen molar-refractivity contribution in [2.45, 2.75) is 17.7 Å². The summed E-state index contributed by atoms with van der Waals surface area (Å²) in [6, 6.07) is 1.62. The summed E-state index contributed by atoms with van der Waals surface area (Å²) in [5, 5.41) is 0. The summed E-state index contributed by atoms with van der Waals surface area (Å²) in [6.07, 6.45) is 1.41. The maximum atomic E-state index is 13.5. The number of hydrogen-bond acceptors (Lipinski definition) is 3. The molecule has 94 valence electrons. The zero-order valence-electron chi connectivity index (χ0n) is 8.99. The van der Waals surface area contributed by atoms with Gasteiger partial charge in [-0.15, -0.1) is 0 Å². The minimum atomic E-state index is -4.09. The van der Waals surface area contributed by atoms with Gasteiger partial charge in [-0.25, -0.2) is 17.2 Å². The molecule has 1 aliphatic rings. The lowest BCUT2D eigenvalue weighted by molar-refractivity contribution is 0.456. The lowest BCUT2D eigenvalue weighted by Gasteiger charge is -2.16. The van der Waals surface area contributed by atoms with Crippen molar-refractivity contribution in [3.63, 3.8) is 0 Å². The zero-order valence-corrected chi connectivity index (χ0v) is 9.80. The van der Waals surface area contributed by atoms with Crippen LogP contribution in [0.3, 0.4) is 0 Å². The first-order valence-electron chi connectivity index (χ1n) is 5.17. The quantitative estimate of drug-likeness (QED) is 0.818. The van der Waals surface area contributed by atoms with Crippen LogP contribution in [0.5, 0.6) is 0 Å². The molecule has 0 unspecified atom stereocenters. The summed E-state index contributed by atoms with van der Waals surface area (Å²) >= 11 is 0. The molecule has 17 heavy (non-hydrogen) atoms. The number of nitrogen functional groups attached to an aromatic ring is 1. The fourth-order valence-corrected chi connectivity index (χ4v) is 3.49. The molecule has 0 aromatic heterocycles. The van der Waals surface area contributed by atoms with Crippen molar-refractivity contribution in [1.29, 1.82) is 0 Å². The second kappa shape index (κ2) is 4.23. The average molecular weight is 262 g/mol. The molecule has 0 radical (unpaired) electrons. The van der Waals surface area contributed by atoms with Crippen molar-refractivity contribution < 1.29 is 17.2 Å². The molecule has 0 aliphatic carbocycles. The van der Waals surface area contributed by atoms with Crippen molar-refractivity contribution in [3.05, 3.63) is 23.8 Å². The van der Waals surface area contributed by atoms with Crippen LogP contribution in [0.25, 0.3) is 0 Å².